The van der Waals surface area contributed by atoms with Gasteiger partial charge in [0.2, 0.25) is 5.82 Å². The van der Waals surface area contributed by atoms with E-state index >= 15 is 0 Å². The molecule has 0 aliphatic carbocycles. The molecule has 2 aromatic rings. The minimum atomic E-state index is -0.348. The number of nitrogens with one attached hydrogen (secondary N) is 3. The van der Waals surface area contributed by atoms with E-state index < -0.39 is 0 Å². The number of hydrogen-bond donors (Lipinski definition) is 3. The molecule has 7 heteroatoms. The van der Waals surface area contributed by atoms with Gasteiger partial charge in [0, 0.05) is 6.20 Å². The highest BCUT2D eigenvalue weighted by Gasteiger charge is 2.08. The average Bonchev–Trinajstić information content (AvgIpc) is 2.74. The molecule has 7 nitrogen and oxygen atoms in total. The third-order valence-electron chi connectivity index (χ3n) is 1.39. The van der Waals surface area contributed by atoms with Gasteiger partial charge in [0.25, 0.3) is 5.91 Å². The molecule has 0 radical (unpaired) electrons. The number of rotatable bonds is 2. The number of nitrogens with zero attached hydrogens (tertiary/aromatic N) is 3. The predicted molar refractivity (Wildman–Crippen MR) is 42.9 cm³/mol. The van der Waals surface area contributed by atoms with E-state index in [0.29, 0.717) is 5.69 Å². The summed E-state index contributed by atoms with van der Waals surface area (Å²) in [6.45, 7) is 0. The van der Waals surface area contributed by atoms with Crippen LogP contribution >= 0.6 is 0 Å². The van der Waals surface area contributed by atoms with Crippen LogP contribution in [0.2, 0.25) is 0 Å². The summed E-state index contributed by atoms with van der Waals surface area (Å²) in [6.07, 6.45) is 4.33. The molecule has 0 aliphatic heterocycles. The van der Waals surface area contributed by atoms with E-state index in [-0.39, 0.29) is 11.7 Å². The molecule has 1 amide bonds. The van der Waals surface area contributed by atoms with Crippen molar-refractivity contribution in [3.63, 3.8) is 0 Å². The molecule has 2 rings (SSSR count). The second-order valence-electron chi connectivity index (χ2n) is 2.28. The van der Waals surface area contributed by atoms with Gasteiger partial charge >= 0.3 is 0 Å². The normalized spacial score (nSPS) is 9.85. The fraction of sp³-hybridized carbons (Fsp3) is 0. The Morgan fingerprint density at radius 2 is 2.38 bits per heavy atom. The van der Waals surface area contributed by atoms with Crippen molar-refractivity contribution >= 4 is 11.6 Å². The number of carbonyl (C=O) groups is 1. The lowest BCUT2D eigenvalue weighted by Crippen LogP contribution is -2.13. The van der Waals surface area contributed by atoms with E-state index in [1.807, 2.05) is 0 Å². The van der Waals surface area contributed by atoms with Crippen molar-refractivity contribution in [3.8, 4) is 0 Å². The molecule has 0 spiro atoms. The Labute approximate surface area is 72.6 Å². The lowest BCUT2D eigenvalue weighted by atomic mass is 10.5. The number of H-pyrrole nitrogens is 2. The van der Waals surface area contributed by atoms with E-state index in [0.717, 1.165) is 0 Å². The summed E-state index contributed by atoms with van der Waals surface area (Å²) in [4.78, 5) is 15.0. The predicted octanol–water partition coefficient (Wildman–Crippen LogP) is -0.220. The van der Waals surface area contributed by atoms with Gasteiger partial charge in [0.1, 0.15) is 6.33 Å². The summed E-state index contributed by atoms with van der Waals surface area (Å²) in [7, 11) is 0. The fourth-order valence-corrected chi connectivity index (χ4v) is 0.824. The van der Waals surface area contributed by atoms with Crippen molar-refractivity contribution in [2.24, 2.45) is 0 Å². The third-order valence-corrected chi connectivity index (χ3v) is 1.39. The van der Waals surface area contributed by atoms with Gasteiger partial charge in [-0.15, -0.1) is 0 Å². The molecule has 0 aromatic carbocycles. The molecule has 0 saturated heterocycles. The van der Waals surface area contributed by atoms with Gasteiger partial charge in [-0.05, 0) is 0 Å². The Balaban J connectivity index is 2.08. The quantitative estimate of drug-likeness (QED) is 0.591. The number of carbonyl (C=O) groups excluding carboxylic acids is 1. The first-order valence-corrected chi connectivity index (χ1v) is 3.52. The van der Waals surface area contributed by atoms with Crippen LogP contribution in [0, 0.1) is 0 Å². The van der Waals surface area contributed by atoms with Crippen molar-refractivity contribution in [1.29, 1.82) is 0 Å². The van der Waals surface area contributed by atoms with E-state index in [9.17, 15) is 4.79 Å². The summed E-state index contributed by atoms with van der Waals surface area (Å²) < 4.78 is 0. The zero-order chi connectivity index (χ0) is 9.10. The summed E-state index contributed by atoms with van der Waals surface area (Å²) >= 11 is 0. The average molecular weight is 178 g/mol. The summed E-state index contributed by atoms with van der Waals surface area (Å²) in [6, 6.07) is 0. The minimum absolute atomic E-state index is 0.168. The van der Waals surface area contributed by atoms with Gasteiger partial charge in [-0.3, -0.25) is 15.0 Å². The van der Waals surface area contributed by atoms with Gasteiger partial charge < -0.3 is 5.32 Å². The molecule has 0 saturated carbocycles. The lowest BCUT2D eigenvalue weighted by Gasteiger charge is -1.96. The van der Waals surface area contributed by atoms with Crippen LogP contribution in [0.25, 0.3) is 0 Å². The molecule has 13 heavy (non-hydrogen) atoms. The van der Waals surface area contributed by atoms with Gasteiger partial charge in [0.05, 0.1) is 11.9 Å². The molecular weight excluding hydrogens is 172 g/mol. The first-order chi connectivity index (χ1) is 6.36. The van der Waals surface area contributed by atoms with Crippen LogP contribution in [-0.2, 0) is 0 Å². The van der Waals surface area contributed by atoms with Crippen molar-refractivity contribution < 1.29 is 4.79 Å². The number of aromatic nitrogens is 5. The molecule has 2 heterocycles. The second kappa shape index (κ2) is 3.05. The Morgan fingerprint density at radius 3 is 3.00 bits per heavy atom. The third kappa shape index (κ3) is 1.53. The SMILES string of the molecule is O=C(Nc1cn[nH]c1)c1ncn[nH]1. The van der Waals surface area contributed by atoms with Crippen molar-refractivity contribution in [3.05, 3.63) is 24.5 Å². The Hall–Kier alpha value is -2.18. The zero-order valence-corrected chi connectivity index (χ0v) is 6.48. The van der Waals surface area contributed by atoms with Gasteiger partial charge in [-0.1, -0.05) is 0 Å². The highest BCUT2D eigenvalue weighted by atomic mass is 16.2. The smallest absolute Gasteiger partial charge is 0.293 e. The van der Waals surface area contributed by atoms with Crippen molar-refractivity contribution in [2.75, 3.05) is 5.32 Å². The van der Waals surface area contributed by atoms with Crippen LogP contribution in [-0.4, -0.2) is 31.3 Å². The molecule has 0 atom stereocenters. The maximum Gasteiger partial charge on any atom is 0.293 e. The molecule has 3 N–H and O–H groups in total. The number of aromatic amines is 2. The van der Waals surface area contributed by atoms with E-state index in [1.165, 1.54) is 12.5 Å². The molecule has 0 fully saturated rings. The monoisotopic (exact) mass is 178 g/mol. The molecule has 0 bridgehead atoms. The summed E-state index contributed by atoms with van der Waals surface area (Å²) in [5.41, 5.74) is 0.585. The van der Waals surface area contributed by atoms with E-state index in [2.05, 4.69) is 30.7 Å². The highest BCUT2D eigenvalue weighted by molar-refractivity contribution is 6.01. The Morgan fingerprint density at radius 1 is 1.46 bits per heavy atom. The maximum atomic E-state index is 11.3. The second-order valence-corrected chi connectivity index (χ2v) is 2.28. The van der Waals surface area contributed by atoms with Crippen LogP contribution in [0.4, 0.5) is 5.69 Å². The summed E-state index contributed by atoms with van der Waals surface area (Å²) in [5, 5.41) is 14.8. The maximum absolute atomic E-state index is 11.3. The van der Waals surface area contributed by atoms with Gasteiger partial charge in [-0.25, -0.2) is 4.98 Å². The van der Waals surface area contributed by atoms with E-state index in [1.54, 1.807) is 6.20 Å². The fourth-order valence-electron chi connectivity index (χ4n) is 0.824. The number of hydrogen-bond acceptors (Lipinski definition) is 4. The molecular formula is C6H6N6O. The van der Waals surface area contributed by atoms with Crippen LogP contribution in [0.5, 0.6) is 0 Å². The Bertz CT molecular complexity index is 377. The van der Waals surface area contributed by atoms with Crippen LogP contribution < -0.4 is 5.32 Å². The summed E-state index contributed by atoms with van der Waals surface area (Å²) in [5.74, 6) is -0.180. The van der Waals surface area contributed by atoms with Crippen LogP contribution in [0.3, 0.4) is 0 Å². The molecule has 0 unspecified atom stereocenters. The van der Waals surface area contributed by atoms with Crippen LogP contribution in [0.15, 0.2) is 18.7 Å². The number of amides is 1. The van der Waals surface area contributed by atoms with Crippen molar-refractivity contribution in [2.45, 2.75) is 0 Å². The zero-order valence-electron chi connectivity index (χ0n) is 6.48. The first kappa shape index (κ1) is 7.47. The number of anilines is 1. The largest absolute Gasteiger partial charge is 0.317 e. The molecule has 2 aromatic heterocycles. The lowest BCUT2D eigenvalue weighted by molar-refractivity contribution is 0.101. The van der Waals surface area contributed by atoms with Crippen LogP contribution in [0.1, 0.15) is 10.6 Å². The minimum Gasteiger partial charge on any atom is -0.317 e. The van der Waals surface area contributed by atoms with Gasteiger partial charge in [-0.2, -0.15) is 10.2 Å². The van der Waals surface area contributed by atoms with Gasteiger partial charge in [0.15, 0.2) is 0 Å². The molecule has 66 valence electrons. The van der Waals surface area contributed by atoms with Crippen molar-refractivity contribution in [1.82, 2.24) is 25.4 Å². The Kier molecular flexibility index (Phi) is 1.75. The van der Waals surface area contributed by atoms with E-state index in [4.69, 9.17) is 0 Å². The standard InChI is InChI=1S/C6H6N6O/c13-6(5-7-3-10-12-5)11-4-1-8-9-2-4/h1-3H,(H,8,9)(H,11,13)(H,7,10,12). The first-order valence-electron chi connectivity index (χ1n) is 3.52. The molecule has 0 aliphatic rings. The topological polar surface area (TPSA) is 99.3 Å². The highest BCUT2D eigenvalue weighted by Crippen LogP contribution is 2.02.